The highest BCUT2D eigenvalue weighted by Crippen LogP contribution is 2.16. The number of piperidine rings is 1. The fourth-order valence-corrected chi connectivity index (χ4v) is 3.09. The van der Waals surface area contributed by atoms with Gasteiger partial charge in [-0.3, -0.25) is 9.59 Å². The number of rotatable bonds is 3. The van der Waals surface area contributed by atoms with Crippen LogP contribution in [0.5, 0.6) is 0 Å². The molecular formula is C16H23N5O2. The Kier molecular flexibility index (Phi) is 4.73. The van der Waals surface area contributed by atoms with Crippen LogP contribution >= 0.6 is 0 Å². The Labute approximate surface area is 136 Å². The molecule has 23 heavy (non-hydrogen) atoms. The summed E-state index contributed by atoms with van der Waals surface area (Å²) < 4.78 is 0. The molecule has 3 heterocycles. The van der Waals surface area contributed by atoms with E-state index < -0.39 is 0 Å². The van der Waals surface area contributed by atoms with Gasteiger partial charge in [-0.1, -0.05) is 0 Å². The molecule has 1 aromatic heterocycles. The second kappa shape index (κ2) is 6.93. The van der Waals surface area contributed by atoms with Gasteiger partial charge in [-0.05, 0) is 32.3 Å². The maximum absolute atomic E-state index is 12.6. The van der Waals surface area contributed by atoms with Crippen LogP contribution in [0.1, 0.15) is 35.4 Å². The largest absolute Gasteiger partial charge is 0.342 e. The molecule has 2 fully saturated rings. The Bertz CT molecular complexity index is 578. The van der Waals surface area contributed by atoms with E-state index in [0.29, 0.717) is 37.8 Å². The third-order valence-corrected chi connectivity index (χ3v) is 4.45. The predicted octanol–water partition coefficient (Wildman–Crippen LogP) is 0.690. The fraction of sp³-hybridized carbons (Fsp3) is 0.625. The van der Waals surface area contributed by atoms with Gasteiger partial charge in [-0.15, -0.1) is 0 Å². The van der Waals surface area contributed by atoms with Gasteiger partial charge in [0.2, 0.25) is 12.4 Å². The molecule has 0 unspecified atom stereocenters. The zero-order valence-electron chi connectivity index (χ0n) is 13.6. The summed E-state index contributed by atoms with van der Waals surface area (Å²) in [6.07, 6.45) is 4.20. The van der Waals surface area contributed by atoms with E-state index in [-0.39, 0.29) is 5.91 Å². The molecule has 2 saturated heterocycles. The average molecular weight is 317 g/mol. The first-order chi connectivity index (χ1) is 11.2. The van der Waals surface area contributed by atoms with Crippen molar-refractivity contribution in [3.8, 4) is 0 Å². The summed E-state index contributed by atoms with van der Waals surface area (Å²) in [5.41, 5.74) is 1.28. The first-order valence-corrected chi connectivity index (χ1v) is 8.26. The van der Waals surface area contributed by atoms with Crippen LogP contribution in [0.4, 0.5) is 5.95 Å². The van der Waals surface area contributed by atoms with Gasteiger partial charge in [0.25, 0.3) is 5.91 Å². The number of hydrogen-bond acceptors (Lipinski definition) is 5. The van der Waals surface area contributed by atoms with E-state index in [0.717, 1.165) is 38.0 Å². The monoisotopic (exact) mass is 317 g/mol. The Morgan fingerprint density at radius 2 is 1.74 bits per heavy atom. The molecule has 2 aliphatic heterocycles. The van der Waals surface area contributed by atoms with Crippen LogP contribution in [0, 0.1) is 6.92 Å². The van der Waals surface area contributed by atoms with Crippen LogP contribution in [0.2, 0.25) is 0 Å². The van der Waals surface area contributed by atoms with Gasteiger partial charge in [-0.2, -0.15) is 0 Å². The van der Waals surface area contributed by atoms with E-state index in [1.807, 2.05) is 16.7 Å². The molecule has 124 valence electrons. The minimum Gasteiger partial charge on any atom is -0.342 e. The molecular weight excluding hydrogens is 294 g/mol. The molecule has 3 rings (SSSR count). The van der Waals surface area contributed by atoms with Crippen LogP contribution in [0.15, 0.2) is 6.07 Å². The van der Waals surface area contributed by atoms with E-state index in [2.05, 4.69) is 9.97 Å². The van der Waals surface area contributed by atoms with Crippen LogP contribution in [0.3, 0.4) is 0 Å². The molecule has 7 nitrogen and oxygen atoms in total. The summed E-state index contributed by atoms with van der Waals surface area (Å²) in [7, 11) is 0. The summed E-state index contributed by atoms with van der Waals surface area (Å²) in [6.45, 7) is 6.23. The first-order valence-electron chi connectivity index (χ1n) is 8.26. The van der Waals surface area contributed by atoms with Crippen molar-refractivity contribution in [2.24, 2.45) is 0 Å². The highest BCUT2D eigenvalue weighted by molar-refractivity contribution is 5.92. The van der Waals surface area contributed by atoms with Crippen LogP contribution in [-0.4, -0.2) is 71.4 Å². The van der Waals surface area contributed by atoms with Gasteiger partial charge in [0.15, 0.2) is 0 Å². The third-order valence-electron chi connectivity index (χ3n) is 4.45. The second-order valence-electron chi connectivity index (χ2n) is 6.18. The lowest BCUT2D eigenvalue weighted by molar-refractivity contribution is -0.118. The minimum absolute atomic E-state index is 0.00276. The van der Waals surface area contributed by atoms with Crippen LogP contribution in [0.25, 0.3) is 0 Å². The predicted molar refractivity (Wildman–Crippen MR) is 86.4 cm³/mol. The van der Waals surface area contributed by atoms with Gasteiger partial charge >= 0.3 is 0 Å². The summed E-state index contributed by atoms with van der Waals surface area (Å²) in [5.74, 6) is 0.596. The van der Waals surface area contributed by atoms with Crippen molar-refractivity contribution in [1.82, 2.24) is 19.8 Å². The average Bonchev–Trinajstić information content (AvgIpc) is 2.61. The summed E-state index contributed by atoms with van der Waals surface area (Å²) >= 11 is 0. The Balaban J connectivity index is 1.76. The normalized spacial score (nSPS) is 18.9. The standard InChI is InChI=1S/C16H23N5O2/c1-13-11-14(15(23)20-5-3-2-4-6-20)18-16(17-13)21-9-7-19(12-22)8-10-21/h11-12H,2-10H2,1H3. The zero-order chi connectivity index (χ0) is 16.2. The number of anilines is 1. The van der Waals surface area contributed by atoms with Crippen LogP contribution in [-0.2, 0) is 4.79 Å². The molecule has 0 aromatic carbocycles. The maximum Gasteiger partial charge on any atom is 0.272 e. The molecule has 0 N–H and O–H groups in total. The van der Waals surface area contributed by atoms with Crippen molar-refractivity contribution in [2.75, 3.05) is 44.2 Å². The van der Waals surface area contributed by atoms with Gasteiger partial charge in [0, 0.05) is 45.0 Å². The van der Waals surface area contributed by atoms with Crippen molar-refractivity contribution < 1.29 is 9.59 Å². The van der Waals surface area contributed by atoms with Crippen molar-refractivity contribution in [3.63, 3.8) is 0 Å². The lowest BCUT2D eigenvalue weighted by Gasteiger charge is -2.33. The molecule has 0 spiro atoms. The number of carbonyl (C=O) groups excluding carboxylic acids is 2. The number of aryl methyl sites for hydroxylation is 1. The lowest BCUT2D eigenvalue weighted by atomic mass is 10.1. The second-order valence-corrected chi connectivity index (χ2v) is 6.18. The van der Waals surface area contributed by atoms with E-state index >= 15 is 0 Å². The highest BCUT2D eigenvalue weighted by Gasteiger charge is 2.23. The molecule has 0 aliphatic carbocycles. The highest BCUT2D eigenvalue weighted by atomic mass is 16.2. The van der Waals surface area contributed by atoms with Crippen LogP contribution < -0.4 is 4.90 Å². The van der Waals surface area contributed by atoms with E-state index in [4.69, 9.17) is 0 Å². The van der Waals surface area contributed by atoms with Gasteiger partial charge in [-0.25, -0.2) is 9.97 Å². The molecule has 0 radical (unpaired) electrons. The van der Waals surface area contributed by atoms with Crippen molar-refractivity contribution >= 4 is 18.3 Å². The SMILES string of the molecule is Cc1cc(C(=O)N2CCCCC2)nc(N2CCN(C=O)CC2)n1. The van der Waals surface area contributed by atoms with Gasteiger partial charge < -0.3 is 14.7 Å². The number of amides is 2. The van der Waals surface area contributed by atoms with Crippen molar-refractivity contribution in [2.45, 2.75) is 26.2 Å². The Morgan fingerprint density at radius 3 is 2.39 bits per heavy atom. The molecule has 0 saturated carbocycles. The number of carbonyl (C=O) groups is 2. The quantitative estimate of drug-likeness (QED) is 0.767. The van der Waals surface area contributed by atoms with E-state index in [1.165, 1.54) is 6.42 Å². The molecule has 0 atom stereocenters. The van der Waals surface area contributed by atoms with Gasteiger partial charge in [0.05, 0.1) is 0 Å². The molecule has 2 aliphatic rings. The number of likely N-dealkylation sites (tertiary alicyclic amines) is 1. The Morgan fingerprint density at radius 1 is 1.04 bits per heavy atom. The van der Waals surface area contributed by atoms with Crippen molar-refractivity contribution in [1.29, 1.82) is 0 Å². The van der Waals surface area contributed by atoms with Crippen molar-refractivity contribution in [3.05, 3.63) is 17.5 Å². The Hall–Kier alpha value is -2.18. The smallest absolute Gasteiger partial charge is 0.272 e. The topological polar surface area (TPSA) is 69.6 Å². The zero-order valence-corrected chi connectivity index (χ0v) is 13.6. The van der Waals surface area contributed by atoms with E-state index in [1.54, 1.807) is 11.0 Å². The maximum atomic E-state index is 12.6. The first kappa shape index (κ1) is 15.7. The summed E-state index contributed by atoms with van der Waals surface area (Å²) in [6, 6.07) is 1.77. The van der Waals surface area contributed by atoms with E-state index in [9.17, 15) is 9.59 Å². The van der Waals surface area contributed by atoms with Gasteiger partial charge in [0.1, 0.15) is 5.69 Å². The number of hydrogen-bond donors (Lipinski definition) is 0. The fourth-order valence-electron chi connectivity index (χ4n) is 3.09. The molecule has 1 aromatic rings. The number of piperazine rings is 1. The summed E-state index contributed by atoms with van der Waals surface area (Å²) in [4.78, 5) is 38.1. The number of aromatic nitrogens is 2. The summed E-state index contributed by atoms with van der Waals surface area (Å²) in [5, 5.41) is 0. The minimum atomic E-state index is 0.00276. The third kappa shape index (κ3) is 3.60. The molecule has 0 bridgehead atoms. The molecule has 2 amide bonds. The number of nitrogens with zero attached hydrogens (tertiary/aromatic N) is 5. The lowest BCUT2D eigenvalue weighted by Crippen LogP contribution is -2.46. The molecule has 7 heteroatoms.